The highest BCUT2D eigenvalue weighted by Crippen LogP contribution is 2.22. The molecular formula is C19H19N3O3. The molecule has 2 heterocycles. The summed E-state index contributed by atoms with van der Waals surface area (Å²) < 4.78 is 10.5. The van der Waals surface area contributed by atoms with Crippen LogP contribution in [0.1, 0.15) is 31.0 Å². The standard InChI is InChI=1S/C19H19N3O3/c1-13(22-14(2)23)16-3-5-17(6-4-16)18-9-20-19(21-10-18)25-12-15-7-8-24-11-15/h3-11,13H,12H2,1-2H3,(H,22,23)/t13-/m0/s1. The summed E-state index contributed by atoms with van der Waals surface area (Å²) in [6.45, 7) is 3.83. The van der Waals surface area contributed by atoms with Crippen molar-refractivity contribution in [2.45, 2.75) is 26.5 Å². The number of nitrogens with zero attached hydrogens (tertiary/aromatic N) is 2. The van der Waals surface area contributed by atoms with Gasteiger partial charge in [-0.2, -0.15) is 0 Å². The lowest BCUT2D eigenvalue weighted by molar-refractivity contribution is -0.119. The van der Waals surface area contributed by atoms with Crippen molar-refractivity contribution in [3.8, 4) is 17.1 Å². The van der Waals surface area contributed by atoms with Gasteiger partial charge in [0.05, 0.1) is 18.6 Å². The van der Waals surface area contributed by atoms with Crippen LogP contribution in [0.2, 0.25) is 0 Å². The second-order valence-corrected chi connectivity index (χ2v) is 5.72. The molecule has 0 bridgehead atoms. The summed E-state index contributed by atoms with van der Waals surface area (Å²) >= 11 is 0. The maximum absolute atomic E-state index is 11.1. The van der Waals surface area contributed by atoms with Gasteiger partial charge in [-0.25, -0.2) is 9.97 Å². The zero-order valence-corrected chi connectivity index (χ0v) is 14.1. The molecule has 1 amide bonds. The van der Waals surface area contributed by atoms with Crippen molar-refractivity contribution in [1.82, 2.24) is 15.3 Å². The predicted molar refractivity (Wildman–Crippen MR) is 92.7 cm³/mol. The van der Waals surface area contributed by atoms with Gasteiger partial charge in [0.15, 0.2) is 0 Å². The predicted octanol–water partition coefficient (Wildman–Crippen LogP) is 3.51. The van der Waals surface area contributed by atoms with Crippen LogP contribution < -0.4 is 10.1 Å². The third-order valence-electron chi connectivity index (χ3n) is 3.74. The molecule has 3 aromatic rings. The number of nitrogens with one attached hydrogen (secondary N) is 1. The summed E-state index contributed by atoms with van der Waals surface area (Å²) in [5, 5.41) is 2.86. The van der Waals surface area contributed by atoms with E-state index in [0.717, 1.165) is 22.3 Å². The normalized spacial score (nSPS) is 11.8. The van der Waals surface area contributed by atoms with Crippen molar-refractivity contribution >= 4 is 5.91 Å². The first-order valence-electron chi connectivity index (χ1n) is 7.95. The Morgan fingerprint density at radius 2 is 1.88 bits per heavy atom. The molecule has 6 nitrogen and oxygen atoms in total. The molecule has 0 radical (unpaired) electrons. The van der Waals surface area contributed by atoms with Crippen LogP contribution in [0.3, 0.4) is 0 Å². The smallest absolute Gasteiger partial charge is 0.316 e. The number of hydrogen-bond donors (Lipinski definition) is 1. The first kappa shape index (κ1) is 16.7. The van der Waals surface area contributed by atoms with Crippen molar-refractivity contribution < 1.29 is 13.9 Å². The highest BCUT2D eigenvalue weighted by molar-refractivity contribution is 5.73. The van der Waals surface area contributed by atoms with E-state index < -0.39 is 0 Å². The molecule has 1 N–H and O–H groups in total. The molecule has 3 rings (SSSR count). The lowest BCUT2D eigenvalue weighted by Gasteiger charge is -2.13. The molecule has 1 atom stereocenters. The van der Waals surface area contributed by atoms with E-state index in [1.807, 2.05) is 37.3 Å². The van der Waals surface area contributed by atoms with Crippen LogP contribution in [0.15, 0.2) is 59.7 Å². The van der Waals surface area contributed by atoms with Crippen LogP contribution in [0, 0.1) is 0 Å². The van der Waals surface area contributed by atoms with E-state index in [2.05, 4.69) is 15.3 Å². The first-order valence-corrected chi connectivity index (χ1v) is 7.95. The Bertz CT molecular complexity index is 812. The van der Waals surface area contributed by atoms with Gasteiger partial charge in [0, 0.05) is 30.4 Å². The van der Waals surface area contributed by atoms with Crippen LogP contribution >= 0.6 is 0 Å². The lowest BCUT2D eigenvalue weighted by Crippen LogP contribution is -2.23. The summed E-state index contributed by atoms with van der Waals surface area (Å²) in [5.74, 6) is -0.0454. The average Bonchev–Trinajstić information content (AvgIpc) is 3.13. The zero-order valence-electron chi connectivity index (χ0n) is 14.1. The Morgan fingerprint density at radius 3 is 2.48 bits per heavy atom. The van der Waals surface area contributed by atoms with E-state index in [9.17, 15) is 4.79 Å². The number of hydrogen-bond acceptors (Lipinski definition) is 5. The monoisotopic (exact) mass is 337 g/mol. The van der Waals surface area contributed by atoms with E-state index in [-0.39, 0.29) is 11.9 Å². The van der Waals surface area contributed by atoms with Crippen molar-refractivity contribution in [3.05, 3.63) is 66.4 Å². The molecule has 0 aliphatic carbocycles. The maximum atomic E-state index is 11.1. The Hall–Kier alpha value is -3.15. The summed E-state index contributed by atoms with van der Waals surface area (Å²) in [6, 6.07) is 10.1. The van der Waals surface area contributed by atoms with Gasteiger partial charge >= 0.3 is 6.01 Å². The fourth-order valence-corrected chi connectivity index (χ4v) is 2.41. The van der Waals surface area contributed by atoms with Crippen LogP contribution in [-0.2, 0) is 11.4 Å². The van der Waals surface area contributed by atoms with Crippen molar-refractivity contribution in [2.75, 3.05) is 0 Å². The Labute approximate surface area is 145 Å². The quantitative estimate of drug-likeness (QED) is 0.745. The Kier molecular flexibility index (Phi) is 5.09. The summed E-state index contributed by atoms with van der Waals surface area (Å²) in [7, 11) is 0. The molecular weight excluding hydrogens is 318 g/mol. The molecule has 25 heavy (non-hydrogen) atoms. The van der Waals surface area contributed by atoms with Gasteiger partial charge in [0.2, 0.25) is 5.91 Å². The van der Waals surface area contributed by atoms with Crippen molar-refractivity contribution in [3.63, 3.8) is 0 Å². The maximum Gasteiger partial charge on any atom is 0.316 e. The molecule has 0 saturated carbocycles. The van der Waals surface area contributed by atoms with Crippen molar-refractivity contribution in [1.29, 1.82) is 0 Å². The van der Waals surface area contributed by atoms with E-state index >= 15 is 0 Å². The molecule has 6 heteroatoms. The Morgan fingerprint density at radius 1 is 1.16 bits per heavy atom. The van der Waals surface area contributed by atoms with Gasteiger partial charge in [-0.15, -0.1) is 0 Å². The van der Waals surface area contributed by atoms with E-state index in [0.29, 0.717) is 12.6 Å². The third-order valence-corrected chi connectivity index (χ3v) is 3.74. The van der Waals surface area contributed by atoms with Crippen LogP contribution in [-0.4, -0.2) is 15.9 Å². The number of ether oxygens (including phenoxy) is 1. The fourth-order valence-electron chi connectivity index (χ4n) is 2.41. The topological polar surface area (TPSA) is 77.2 Å². The lowest BCUT2D eigenvalue weighted by atomic mass is 10.0. The average molecular weight is 337 g/mol. The molecule has 0 unspecified atom stereocenters. The van der Waals surface area contributed by atoms with Crippen molar-refractivity contribution in [2.24, 2.45) is 0 Å². The SMILES string of the molecule is CC(=O)N[C@@H](C)c1ccc(-c2cnc(OCc3ccoc3)nc2)cc1. The number of carbonyl (C=O) groups is 1. The molecule has 2 aromatic heterocycles. The van der Waals surface area contributed by atoms with E-state index in [4.69, 9.17) is 9.15 Å². The highest BCUT2D eigenvalue weighted by atomic mass is 16.5. The van der Waals surface area contributed by atoms with Crippen LogP contribution in [0.4, 0.5) is 0 Å². The molecule has 0 aliphatic rings. The van der Waals surface area contributed by atoms with Gasteiger partial charge in [0.1, 0.15) is 6.61 Å². The minimum absolute atomic E-state index is 0.0264. The number of rotatable bonds is 6. The zero-order chi connectivity index (χ0) is 17.6. The van der Waals surface area contributed by atoms with Gasteiger partial charge < -0.3 is 14.5 Å². The van der Waals surface area contributed by atoms with E-state index in [1.165, 1.54) is 6.92 Å². The number of furan rings is 1. The second kappa shape index (κ2) is 7.61. The first-order chi connectivity index (χ1) is 12.1. The molecule has 128 valence electrons. The minimum Gasteiger partial charge on any atom is -0.472 e. The van der Waals surface area contributed by atoms with E-state index in [1.54, 1.807) is 24.9 Å². The largest absolute Gasteiger partial charge is 0.472 e. The van der Waals surface area contributed by atoms with Crippen LogP contribution in [0.25, 0.3) is 11.1 Å². The summed E-state index contributed by atoms with van der Waals surface area (Å²) in [5.41, 5.74) is 3.87. The molecule has 0 spiro atoms. The Balaban J connectivity index is 1.64. The van der Waals surface area contributed by atoms with Gasteiger partial charge in [-0.05, 0) is 24.1 Å². The van der Waals surface area contributed by atoms with Gasteiger partial charge in [-0.3, -0.25) is 4.79 Å². The number of amides is 1. The second-order valence-electron chi connectivity index (χ2n) is 5.72. The fraction of sp³-hybridized carbons (Fsp3) is 0.211. The van der Waals surface area contributed by atoms with Gasteiger partial charge in [0.25, 0.3) is 0 Å². The van der Waals surface area contributed by atoms with Crippen LogP contribution in [0.5, 0.6) is 6.01 Å². The van der Waals surface area contributed by atoms with Gasteiger partial charge in [-0.1, -0.05) is 24.3 Å². The third kappa shape index (κ3) is 4.44. The molecule has 1 aromatic carbocycles. The highest BCUT2D eigenvalue weighted by Gasteiger charge is 2.07. The molecule has 0 aliphatic heterocycles. The minimum atomic E-state index is -0.0454. The number of carbonyl (C=O) groups excluding carboxylic acids is 1. The molecule has 0 saturated heterocycles. The summed E-state index contributed by atoms with van der Waals surface area (Å²) in [4.78, 5) is 19.6. The number of benzene rings is 1. The molecule has 0 fully saturated rings. The summed E-state index contributed by atoms with van der Waals surface area (Å²) in [6.07, 6.45) is 6.67. The number of aromatic nitrogens is 2.